The lowest BCUT2D eigenvalue weighted by Gasteiger charge is -2.30. The zero-order valence-corrected chi connectivity index (χ0v) is 12.6. The van der Waals surface area contributed by atoms with Crippen molar-refractivity contribution in [1.82, 2.24) is 10.3 Å². The molecule has 0 aliphatic heterocycles. The average Bonchev–Trinajstić information content (AvgIpc) is 2.43. The van der Waals surface area contributed by atoms with E-state index in [2.05, 4.69) is 10.3 Å². The number of ether oxygens (including phenoxy) is 2. The van der Waals surface area contributed by atoms with Gasteiger partial charge in [-0.25, -0.2) is 9.37 Å². The van der Waals surface area contributed by atoms with Gasteiger partial charge in [-0.15, -0.1) is 0 Å². The number of nitrogens with one attached hydrogen (secondary N) is 1. The van der Waals surface area contributed by atoms with Crippen molar-refractivity contribution in [2.75, 3.05) is 45.9 Å². The molecular formula is C14H24FN3O2. The Morgan fingerprint density at radius 1 is 1.40 bits per heavy atom. The van der Waals surface area contributed by atoms with Crippen LogP contribution in [0.3, 0.4) is 0 Å². The molecule has 5 nitrogen and oxygen atoms in total. The van der Waals surface area contributed by atoms with Gasteiger partial charge in [-0.05, 0) is 20.0 Å². The topological polar surface area (TPSA) is 46.6 Å². The summed E-state index contributed by atoms with van der Waals surface area (Å²) < 4.78 is 24.8. The molecule has 1 rings (SSSR count). The van der Waals surface area contributed by atoms with Gasteiger partial charge in [-0.3, -0.25) is 0 Å². The highest BCUT2D eigenvalue weighted by atomic mass is 19.1. The van der Waals surface area contributed by atoms with Gasteiger partial charge in [0.25, 0.3) is 0 Å². The summed E-state index contributed by atoms with van der Waals surface area (Å²) in [6.45, 7) is 4.02. The van der Waals surface area contributed by atoms with E-state index in [1.807, 2.05) is 11.8 Å². The normalized spacial score (nSPS) is 12.4. The second-order valence-corrected chi connectivity index (χ2v) is 4.63. The van der Waals surface area contributed by atoms with E-state index >= 15 is 0 Å². The highest BCUT2D eigenvalue weighted by Crippen LogP contribution is 2.21. The molecule has 0 fully saturated rings. The predicted octanol–water partition coefficient (Wildman–Crippen LogP) is 1.43. The molecule has 0 saturated carbocycles. The Kier molecular flexibility index (Phi) is 7.43. The maximum Gasteiger partial charge on any atom is 0.170 e. The van der Waals surface area contributed by atoms with Crippen molar-refractivity contribution in [1.29, 1.82) is 0 Å². The van der Waals surface area contributed by atoms with E-state index < -0.39 is 0 Å². The van der Waals surface area contributed by atoms with E-state index in [1.54, 1.807) is 33.5 Å². The van der Waals surface area contributed by atoms with Crippen LogP contribution < -0.4 is 10.2 Å². The molecule has 0 spiro atoms. The van der Waals surface area contributed by atoms with Crippen LogP contribution in [0, 0.1) is 5.82 Å². The predicted molar refractivity (Wildman–Crippen MR) is 77.5 cm³/mol. The van der Waals surface area contributed by atoms with E-state index in [0.29, 0.717) is 37.7 Å². The summed E-state index contributed by atoms with van der Waals surface area (Å²) in [6, 6.07) is 1.70. The highest BCUT2D eigenvalue weighted by Gasteiger charge is 2.20. The molecule has 114 valence electrons. The number of hydrogen-bond acceptors (Lipinski definition) is 5. The first kappa shape index (κ1) is 16.8. The summed E-state index contributed by atoms with van der Waals surface area (Å²) in [5.74, 6) is 0.0558. The average molecular weight is 285 g/mol. The number of aromatic nitrogens is 1. The van der Waals surface area contributed by atoms with Gasteiger partial charge in [0.2, 0.25) is 0 Å². The molecule has 0 aromatic carbocycles. The SMILES string of the molecule is CNCc1ccnc(N(CCOC)C(C)COC)c1F. The number of nitrogens with zero attached hydrogens (tertiary/aromatic N) is 2. The summed E-state index contributed by atoms with van der Waals surface area (Å²) in [5, 5.41) is 2.95. The van der Waals surface area contributed by atoms with Gasteiger partial charge in [0.1, 0.15) is 0 Å². The number of hydrogen-bond donors (Lipinski definition) is 1. The Bertz CT molecular complexity index is 404. The van der Waals surface area contributed by atoms with Crippen molar-refractivity contribution in [3.63, 3.8) is 0 Å². The van der Waals surface area contributed by atoms with E-state index in [9.17, 15) is 4.39 Å². The molecule has 0 bridgehead atoms. The minimum absolute atomic E-state index is 0.0157. The fourth-order valence-electron chi connectivity index (χ4n) is 2.05. The quantitative estimate of drug-likeness (QED) is 0.743. The standard InChI is InChI=1S/C14H24FN3O2/c1-11(10-20-4)18(7-8-19-3)14-13(15)12(9-16-2)5-6-17-14/h5-6,11,16H,7-10H2,1-4H3. The van der Waals surface area contributed by atoms with Crippen molar-refractivity contribution in [2.45, 2.75) is 19.5 Å². The Balaban J connectivity index is 3.02. The van der Waals surface area contributed by atoms with Crippen LogP contribution in [-0.4, -0.2) is 52.1 Å². The molecule has 1 N–H and O–H groups in total. The fraction of sp³-hybridized carbons (Fsp3) is 0.643. The summed E-state index contributed by atoms with van der Waals surface area (Å²) in [4.78, 5) is 6.07. The van der Waals surface area contributed by atoms with Gasteiger partial charge >= 0.3 is 0 Å². The molecule has 0 saturated heterocycles. The zero-order valence-electron chi connectivity index (χ0n) is 12.6. The molecule has 1 unspecified atom stereocenters. The Labute approximate surface area is 120 Å². The molecule has 0 radical (unpaired) electrons. The van der Waals surface area contributed by atoms with Crippen molar-refractivity contribution in [3.8, 4) is 0 Å². The fourth-order valence-corrected chi connectivity index (χ4v) is 2.05. The van der Waals surface area contributed by atoms with Crippen LogP contribution in [0.4, 0.5) is 10.2 Å². The van der Waals surface area contributed by atoms with Crippen molar-refractivity contribution < 1.29 is 13.9 Å². The number of pyridine rings is 1. The Hall–Kier alpha value is -1.24. The second-order valence-electron chi connectivity index (χ2n) is 4.63. The zero-order chi connectivity index (χ0) is 15.0. The first-order chi connectivity index (χ1) is 9.65. The number of anilines is 1. The van der Waals surface area contributed by atoms with Gasteiger partial charge < -0.3 is 19.7 Å². The lowest BCUT2D eigenvalue weighted by atomic mass is 10.2. The van der Waals surface area contributed by atoms with Crippen LogP contribution in [0.15, 0.2) is 12.3 Å². The van der Waals surface area contributed by atoms with Crippen LogP contribution in [-0.2, 0) is 16.0 Å². The van der Waals surface area contributed by atoms with Crippen molar-refractivity contribution >= 4 is 5.82 Å². The molecule has 20 heavy (non-hydrogen) atoms. The van der Waals surface area contributed by atoms with E-state index in [-0.39, 0.29) is 11.9 Å². The molecule has 0 aliphatic carbocycles. The molecule has 1 heterocycles. The minimum atomic E-state index is -0.291. The number of methoxy groups -OCH3 is 2. The van der Waals surface area contributed by atoms with Gasteiger partial charge in [0.05, 0.1) is 19.3 Å². The van der Waals surface area contributed by atoms with Crippen LogP contribution in [0.1, 0.15) is 12.5 Å². The Morgan fingerprint density at radius 2 is 2.15 bits per heavy atom. The molecule has 1 aromatic rings. The maximum absolute atomic E-state index is 14.5. The molecule has 0 amide bonds. The largest absolute Gasteiger partial charge is 0.383 e. The van der Waals surface area contributed by atoms with Crippen LogP contribution in [0.5, 0.6) is 0 Å². The molecule has 1 aromatic heterocycles. The summed E-state index contributed by atoms with van der Waals surface area (Å²) in [6.07, 6.45) is 1.63. The van der Waals surface area contributed by atoms with Gasteiger partial charge in [-0.1, -0.05) is 0 Å². The van der Waals surface area contributed by atoms with Crippen molar-refractivity contribution in [2.24, 2.45) is 0 Å². The number of halogens is 1. The van der Waals surface area contributed by atoms with E-state index in [1.165, 1.54) is 0 Å². The minimum Gasteiger partial charge on any atom is -0.383 e. The second kappa shape index (κ2) is 8.84. The third-order valence-corrected chi connectivity index (χ3v) is 3.07. The maximum atomic E-state index is 14.5. The van der Waals surface area contributed by atoms with E-state index in [4.69, 9.17) is 9.47 Å². The third-order valence-electron chi connectivity index (χ3n) is 3.07. The third kappa shape index (κ3) is 4.40. The molecule has 6 heteroatoms. The lowest BCUT2D eigenvalue weighted by molar-refractivity contribution is 0.170. The summed E-state index contributed by atoms with van der Waals surface area (Å²) in [5.41, 5.74) is 0.601. The van der Waals surface area contributed by atoms with Crippen molar-refractivity contribution in [3.05, 3.63) is 23.6 Å². The van der Waals surface area contributed by atoms with Crippen LogP contribution in [0.25, 0.3) is 0 Å². The van der Waals surface area contributed by atoms with Crippen LogP contribution >= 0.6 is 0 Å². The van der Waals surface area contributed by atoms with E-state index in [0.717, 1.165) is 0 Å². The Morgan fingerprint density at radius 3 is 2.75 bits per heavy atom. The molecular weight excluding hydrogens is 261 g/mol. The van der Waals surface area contributed by atoms with Gasteiger partial charge in [-0.2, -0.15) is 0 Å². The van der Waals surface area contributed by atoms with Gasteiger partial charge in [0.15, 0.2) is 11.6 Å². The lowest BCUT2D eigenvalue weighted by Crippen LogP contribution is -2.40. The van der Waals surface area contributed by atoms with Crippen LogP contribution in [0.2, 0.25) is 0 Å². The summed E-state index contributed by atoms with van der Waals surface area (Å²) in [7, 11) is 5.04. The molecule has 1 atom stereocenters. The summed E-state index contributed by atoms with van der Waals surface area (Å²) >= 11 is 0. The monoisotopic (exact) mass is 285 g/mol. The van der Waals surface area contributed by atoms with Gasteiger partial charge in [0, 0.05) is 39.1 Å². The smallest absolute Gasteiger partial charge is 0.170 e. The number of rotatable bonds is 9. The first-order valence-electron chi connectivity index (χ1n) is 6.68. The highest BCUT2D eigenvalue weighted by molar-refractivity contribution is 5.44. The molecule has 0 aliphatic rings. The first-order valence-corrected chi connectivity index (χ1v) is 6.68.